The van der Waals surface area contributed by atoms with Crippen LogP contribution in [0.4, 0.5) is 0 Å². The number of allylic oxidation sites excluding steroid dienone is 4. The van der Waals surface area contributed by atoms with Gasteiger partial charge in [0, 0.05) is 22.3 Å². The first-order valence-corrected chi connectivity index (χ1v) is 13.8. The van der Waals surface area contributed by atoms with Crippen LogP contribution in [0, 0.1) is 11.8 Å². The van der Waals surface area contributed by atoms with E-state index in [1.54, 1.807) is 0 Å². The quantitative estimate of drug-likeness (QED) is 0.412. The number of H-pyrrole nitrogens is 2. The number of nitrogens with zero attached hydrogens (tertiary/aromatic N) is 6. The van der Waals surface area contributed by atoms with Gasteiger partial charge in [-0.2, -0.15) is 0 Å². The van der Waals surface area contributed by atoms with E-state index in [2.05, 4.69) is 9.97 Å². The van der Waals surface area contributed by atoms with Crippen LogP contribution in [0.25, 0.3) is 44.9 Å². The lowest BCUT2D eigenvalue weighted by Crippen LogP contribution is -2.26. The molecule has 0 aromatic carbocycles. The Morgan fingerprint density at radius 1 is 0.500 bits per heavy atom. The molecular weight excluding hydrogens is 520 g/mol. The molecular formula is C26H14N8O2S2. The van der Waals surface area contributed by atoms with Crippen molar-refractivity contribution in [1.29, 1.82) is 0 Å². The van der Waals surface area contributed by atoms with Gasteiger partial charge >= 0.3 is 0 Å². The van der Waals surface area contributed by atoms with Gasteiger partial charge in [0.2, 0.25) is 10.2 Å². The van der Waals surface area contributed by atoms with Crippen molar-refractivity contribution in [3.8, 4) is 0 Å². The molecule has 2 N–H and O–H groups in total. The molecule has 0 amide bonds. The van der Waals surface area contributed by atoms with Crippen LogP contribution in [0.15, 0.2) is 48.6 Å². The molecule has 12 heteroatoms. The first kappa shape index (κ1) is 20.8. The number of nitrogens with one attached hydrogen (secondary N) is 2. The Balaban J connectivity index is 1.34. The topological polar surface area (TPSA) is 143 Å². The summed E-state index contributed by atoms with van der Waals surface area (Å²) in [7, 11) is 0. The normalized spacial score (nSPS) is 26.4. The van der Waals surface area contributed by atoms with E-state index in [4.69, 9.17) is 29.9 Å². The predicted molar refractivity (Wildman–Crippen MR) is 144 cm³/mol. The van der Waals surface area contributed by atoms with Gasteiger partial charge in [0.1, 0.15) is 22.6 Å². The largest absolute Gasteiger partial charge is 0.325 e. The summed E-state index contributed by atoms with van der Waals surface area (Å²) < 4.78 is 0. The average Bonchev–Trinajstić information content (AvgIpc) is 3.69. The van der Waals surface area contributed by atoms with Crippen molar-refractivity contribution >= 4 is 78.6 Å². The second-order valence-electron chi connectivity index (χ2n) is 9.52. The number of thioether (sulfide) groups is 2. The highest BCUT2D eigenvalue weighted by Gasteiger charge is 2.45. The number of fused-ring (bicyclic) bond motifs is 10. The van der Waals surface area contributed by atoms with Gasteiger partial charge in [-0.15, -0.1) is 0 Å². The van der Waals surface area contributed by atoms with Crippen molar-refractivity contribution in [2.45, 2.75) is 10.5 Å². The zero-order valence-electron chi connectivity index (χ0n) is 19.2. The van der Waals surface area contributed by atoms with Gasteiger partial charge in [-0.3, -0.25) is 9.59 Å². The van der Waals surface area contributed by atoms with E-state index in [1.165, 1.54) is 23.5 Å². The van der Waals surface area contributed by atoms with Gasteiger partial charge in [-0.1, -0.05) is 47.8 Å². The van der Waals surface area contributed by atoms with Crippen molar-refractivity contribution in [2.24, 2.45) is 11.8 Å². The Hall–Kier alpha value is -4.16. The molecule has 8 aliphatic rings. The van der Waals surface area contributed by atoms with Crippen LogP contribution >= 0.6 is 23.5 Å². The Morgan fingerprint density at radius 2 is 0.868 bits per heavy atom. The molecule has 6 aliphatic heterocycles. The fourth-order valence-electron chi connectivity index (χ4n) is 5.70. The molecule has 0 saturated heterocycles. The molecule has 4 atom stereocenters. The molecule has 182 valence electrons. The van der Waals surface area contributed by atoms with Gasteiger partial charge in [0.05, 0.1) is 22.3 Å². The number of carbonyl (C=O) groups is 2. The van der Waals surface area contributed by atoms with Gasteiger partial charge in [-0.25, -0.2) is 29.9 Å². The average molecular weight is 535 g/mol. The zero-order valence-corrected chi connectivity index (χ0v) is 20.9. The van der Waals surface area contributed by atoms with Crippen LogP contribution in [0.1, 0.15) is 23.3 Å². The first-order valence-electron chi connectivity index (χ1n) is 12.0. The lowest BCUT2D eigenvalue weighted by Gasteiger charge is -2.29. The highest BCUT2D eigenvalue weighted by molar-refractivity contribution is 8.15. The molecule has 4 unspecified atom stereocenters. The maximum atomic E-state index is 12.7. The van der Waals surface area contributed by atoms with Gasteiger partial charge < -0.3 is 9.97 Å². The monoisotopic (exact) mass is 534 g/mol. The second kappa shape index (κ2) is 7.23. The molecule has 0 spiro atoms. The summed E-state index contributed by atoms with van der Waals surface area (Å²) in [6, 6.07) is 7.30. The molecule has 2 aliphatic carbocycles. The Morgan fingerprint density at radius 3 is 1.24 bits per heavy atom. The zero-order chi connectivity index (χ0) is 25.1. The summed E-state index contributed by atoms with van der Waals surface area (Å²) in [5.74, 6) is 1.23. The Kier molecular flexibility index (Phi) is 3.97. The second-order valence-corrected chi connectivity index (χ2v) is 11.8. The summed E-state index contributed by atoms with van der Waals surface area (Å²) in [6.45, 7) is 0. The first-order chi connectivity index (χ1) is 18.6. The molecule has 0 fully saturated rings. The fraction of sp³-hybridized carbons (Fsp3) is 0.154. The van der Waals surface area contributed by atoms with Crippen molar-refractivity contribution < 1.29 is 9.59 Å². The van der Waals surface area contributed by atoms with Crippen LogP contribution in [0.3, 0.4) is 0 Å². The van der Waals surface area contributed by atoms with Crippen LogP contribution < -0.4 is 0 Å². The van der Waals surface area contributed by atoms with E-state index in [9.17, 15) is 9.59 Å². The predicted octanol–water partition coefficient (Wildman–Crippen LogP) is 3.37. The number of rotatable bonds is 0. The minimum Gasteiger partial charge on any atom is -0.325 e. The summed E-state index contributed by atoms with van der Waals surface area (Å²) in [4.78, 5) is 60.6. The van der Waals surface area contributed by atoms with E-state index in [1.807, 2.05) is 48.6 Å². The van der Waals surface area contributed by atoms with E-state index in [0.717, 1.165) is 22.3 Å². The lowest BCUT2D eigenvalue weighted by atomic mass is 9.88. The maximum Gasteiger partial charge on any atom is 0.201 e. The third-order valence-corrected chi connectivity index (χ3v) is 9.59. The standard InChI is InChI=1S/C26H14N8O2S2/c35-25-9-1-3-11(37-25)19-17(9)21-29-13-5-7-16(27-13)32-24-20-12-4-2-10(26(36)38-12)18(20)22(34-24)30-14-6-8-15(28-14)31-23(19)33-21/h1-12H,(H2,27,28,29,30,31,32,33,34). The van der Waals surface area contributed by atoms with Gasteiger partial charge in [0.25, 0.3) is 0 Å². The van der Waals surface area contributed by atoms with E-state index >= 15 is 0 Å². The Labute approximate surface area is 221 Å². The number of aromatic amines is 2. The molecule has 3 aromatic rings. The number of carbonyl (C=O) groups excluding carboxylic acids is 2. The van der Waals surface area contributed by atoms with Crippen molar-refractivity contribution in [2.75, 3.05) is 0 Å². The number of hydrogen-bond acceptors (Lipinski definition) is 10. The van der Waals surface area contributed by atoms with Gasteiger partial charge in [0.15, 0.2) is 23.3 Å². The summed E-state index contributed by atoms with van der Waals surface area (Å²) >= 11 is 2.60. The SMILES string of the molecule is O=C1SC2C=CC1C1=C2c2nc1nc1ccc(nc3nc(nc4ccc(n2)[nH]4)C2=C3C3C=CC2C(=O)S3)[nH]1. The van der Waals surface area contributed by atoms with Crippen LogP contribution in [0.5, 0.6) is 0 Å². The summed E-state index contributed by atoms with van der Waals surface area (Å²) in [5.41, 5.74) is 5.74. The van der Waals surface area contributed by atoms with Crippen molar-refractivity contribution in [1.82, 2.24) is 39.9 Å². The Bertz CT molecular complexity index is 1820. The highest BCUT2D eigenvalue weighted by Crippen LogP contribution is 2.51. The molecule has 0 saturated carbocycles. The molecule has 9 heterocycles. The van der Waals surface area contributed by atoms with E-state index < -0.39 is 11.8 Å². The van der Waals surface area contributed by atoms with Crippen LogP contribution in [-0.2, 0) is 9.59 Å². The molecule has 3 aromatic heterocycles. The number of aromatic nitrogens is 8. The summed E-state index contributed by atoms with van der Waals surface area (Å²) in [6.07, 6.45) is 7.95. The fourth-order valence-corrected chi connectivity index (χ4v) is 7.92. The molecule has 0 radical (unpaired) electrons. The third-order valence-electron chi connectivity index (χ3n) is 7.33. The molecule has 10 nitrogen and oxygen atoms in total. The summed E-state index contributed by atoms with van der Waals surface area (Å²) in [5, 5.41) is -0.108. The van der Waals surface area contributed by atoms with Gasteiger partial charge in [-0.05, 0) is 24.3 Å². The molecule has 12 bridgehead atoms. The smallest absolute Gasteiger partial charge is 0.201 e. The van der Waals surface area contributed by atoms with Crippen LogP contribution in [-0.4, -0.2) is 60.6 Å². The minimum atomic E-state index is -0.396. The van der Waals surface area contributed by atoms with E-state index in [-0.39, 0.29) is 20.7 Å². The molecule has 11 rings (SSSR count). The van der Waals surface area contributed by atoms with Crippen LogP contribution in [0.2, 0.25) is 0 Å². The third kappa shape index (κ3) is 2.81. The van der Waals surface area contributed by atoms with Crippen molar-refractivity contribution in [3.05, 3.63) is 71.9 Å². The van der Waals surface area contributed by atoms with Crippen molar-refractivity contribution in [3.63, 3.8) is 0 Å². The lowest BCUT2D eigenvalue weighted by molar-refractivity contribution is -0.112. The highest BCUT2D eigenvalue weighted by atomic mass is 32.2. The molecule has 38 heavy (non-hydrogen) atoms. The van der Waals surface area contributed by atoms with E-state index in [0.29, 0.717) is 45.9 Å². The minimum absolute atomic E-state index is 0.0942. The number of hydrogen-bond donors (Lipinski definition) is 2. The maximum absolute atomic E-state index is 12.7.